The van der Waals surface area contributed by atoms with Crippen molar-refractivity contribution in [3.63, 3.8) is 0 Å². The second kappa shape index (κ2) is 18.1. The van der Waals surface area contributed by atoms with Crippen LogP contribution in [-0.4, -0.2) is 39.8 Å². The van der Waals surface area contributed by atoms with Crippen LogP contribution < -0.4 is 0 Å². The van der Waals surface area contributed by atoms with E-state index < -0.39 is 32.6 Å². The van der Waals surface area contributed by atoms with Gasteiger partial charge in [-0.1, -0.05) is 48.5 Å². The molecule has 0 saturated heterocycles. The quantitative estimate of drug-likeness (QED) is 0.155. The second-order valence-corrected chi connectivity index (χ2v) is 18.9. The van der Waals surface area contributed by atoms with Gasteiger partial charge in [-0.3, -0.25) is 17.9 Å². The Labute approximate surface area is 387 Å². The van der Waals surface area contributed by atoms with Gasteiger partial charge in [0, 0.05) is 3.57 Å². The number of nitrogens with zero attached hydrogens (tertiary/aromatic N) is 8. The Morgan fingerprint density at radius 2 is 0.969 bits per heavy atom. The average molecular weight is 1060 g/mol. The van der Waals surface area contributed by atoms with Crippen LogP contribution in [0.5, 0.6) is 0 Å². The maximum Gasteiger partial charge on any atom is 0.220 e. The van der Waals surface area contributed by atoms with Crippen LogP contribution in [0.4, 0.5) is 0 Å². The minimum absolute atomic E-state index is 0.426. The van der Waals surface area contributed by atoms with Crippen LogP contribution in [0.1, 0.15) is 25.0 Å². The SMILES string of the molecule is CC(=O)OI(OC(C)=O)c1ccccc1.N#Cc1cccc(-n2c3ccc(I)cc3n3c4ccccc4nc23)c1.N#Cc1cccc(-n2c3ccccc3n3c4ccccc4nc23)c1. The van der Waals surface area contributed by atoms with Crippen molar-refractivity contribution in [3.8, 4) is 23.5 Å². The monoisotopic (exact) mass is 1060 g/mol. The molecule has 11 rings (SSSR count). The number of carbonyl (C=O) groups is 2. The molecule has 312 valence electrons. The summed E-state index contributed by atoms with van der Waals surface area (Å²) >= 11 is -0.261. The summed E-state index contributed by atoms with van der Waals surface area (Å²) in [6.45, 7) is 2.60. The Morgan fingerprint density at radius 1 is 0.516 bits per heavy atom. The molecular weight excluding hydrogens is 1030 g/mol. The number of fused-ring (bicyclic) bond motifs is 10. The number of halogens is 2. The summed E-state index contributed by atoms with van der Waals surface area (Å²) < 4.78 is 20.6. The first kappa shape index (κ1) is 41.8. The van der Waals surface area contributed by atoms with Gasteiger partial charge in [-0.15, -0.1) is 0 Å². The molecule has 0 saturated carbocycles. The molecule has 0 aliphatic heterocycles. The first-order valence-electron chi connectivity index (χ1n) is 19.8. The summed E-state index contributed by atoms with van der Waals surface area (Å²) in [6.07, 6.45) is 0. The number of benzene rings is 7. The van der Waals surface area contributed by atoms with Gasteiger partial charge in [0.2, 0.25) is 11.6 Å². The predicted octanol–water partition coefficient (Wildman–Crippen LogP) is 11.5. The number of rotatable bonds is 5. The first-order chi connectivity index (χ1) is 31.2. The maximum atomic E-state index is 10.8. The molecule has 0 atom stereocenters. The minimum atomic E-state index is -2.59. The number of nitriles is 2. The largest absolute Gasteiger partial charge is 0.278 e. The van der Waals surface area contributed by atoms with Gasteiger partial charge < -0.3 is 0 Å². The molecule has 7 aromatic carbocycles. The topological polar surface area (TPSA) is 145 Å². The fraction of sp³-hybridized carbons (Fsp3) is 0.0400. The molecule has 0 unspecified atom stereocenters. The Bertz CT molecular complexity index is 3640. The van der Waals surface area contributed by atoms with Crippen molar-refractivity contribution in [2.75, 3.05) is 0 Å². The third-order valence-electron chi connectivity index (χ3n) is 10.0. The molecule has 0 fully saturated rings. The van der Waals surface area contributed by atoms with Gasteiger partial charge in [0.25, 0.3) is 0 Å². The molecule has 0 bridgehead atoms. The van der Waals surface area contributed by atoms with E-state index in [9.17, 15) is 20.1 Å². The smallest absolute Gasteiger partial charge is 0.220 e. The van der Waals surface area contributed by atoms with Crippen molar-refractivity contribution in [1.29, 1.82) is 10.5 Å². The third kappa shape index (κ3) is 8.12. The normalized spacial score (nSPS) is 11.1. The zero-order valence-electron chi connectivity index (χ0n) is 34.1. The summed E-state index contributed by atoms with van der Waals surface area (Å²) in [7, 11) is 0. The molecule has 12 nitrogen and oxygen atoms in total. The van der Waals surface area contributed by atoms with Gasteiger partial charge in [-0.2, -0.15) is 10.5 Å². The van der Waals surface area contributed by atoms with E-state index in [4.69, 9.17) is 16.1 Å². The summed E-state index contributed by atoms with van der Waals surface area (Å²) in [5, 5.41) is 18.5. The second-order valence-electron chi connectivity index (χ2n) is 14.2. The Morgan fingerprint density at radius 3 is 1.48 bits per heavy atom. The van der Waals surface area contributed by atoms with Crippen molar-refractivity contribution in [2.24, 2.45) is 0 Å². The van der Waals surface area contributed by atoms with Gasteiger partial charge in [-0.25, -0.2) is 9.97 Å². The number of imidazole rings is 4. The van der Waals surface area contributed by atoms with Crippen molar-refractivity contribution < 1.29 is 15.7 Å². The van der Waals surface area contributed by atoms with E-state index >= 15 is 0 Å². The van der Waals surface area contributed by atoms with E-state index in [1.165, 1.54) is 17.4 Å². The number of para-hydroxylation sites is 6. The molecule has 0 amide bonds. The molecule has 0 radical (unpaired) electrons. The predicted molar refractivity (Wildman–Crippen MR) is 264 cm³/mol. The average Bonchev–Trinajstić information content (AvgIpc) is 4.06. The molecule has 14 heteroatoms. The van der Waals surface area contributed by atoms with E-state index in [-0.39, 0.29) is 0 Å². The summed E-state index contributed by atoms with van der Waals surface area (Å²) in [5.41, 5.74) is 11.6. The molecule has 11 aromatic rings. The zero-order chi connectivity index (χ0) is 44.3. The van der Waals surface area contributed by atoms with Gasteiger partial charge in [0.15, 0.2) is 0 Å². The van der Waals surface area contributed by atoms with Crippen LogP contribution in [0.15, 0.2) is 170 Å². The molecule has 0 spiro atoms. The van der Waals surface area contributed by atoms with Gasteiger partial charge in [0.05, 0.1) is 78.8 Å². The van der Waals surface area contributed by atoms with E-state index in [2.05, 4.69) is 95.1 Å². The first-order valence-corrected chi connectivity index (χ1v) is 23.7. The fourth-order valence-corrected chi connectivity index (χ4v) is 10.7. The zero-order valence-corrected chi connectivity index (χ0v) is 38.4. The molecule has 0 aliphatic rings. The molecule has 4 aromatic heterocycles. The van der Waals surface area contributed by atoms with Gasteiger partial charge in [0.1, 0.15) is 0 Å². The Kier molecular flexibility index (Phi) is 11.8. The number of aromatic nitrogens is 6. The van der Waals surface area contributed by atoms with Crippen molar-refractivity contribution in [3.05, 3.63) is 188 Å². The summed E-state index contributed by atoms with van der Waals surface area (Å²) in [5.74, 6) is 0.858. The standard InChI is InChI=1S/C20H11IN4.C20H12N4.C10H11IO4/c21-14-8-9-18-19(11-14)25-17-7-2-1-6-16(17)23-20(25)24(18)15-5-3-4-13(10-15)12-22;21-13-14-6-5-7-15(12-14)23-18-10-3-4-11-19(18)24-17-9-2-1-8-16(17)22-20(23)24;1-8(12)14-11(15-9(2)13)10-6-4-3-5-7-10/h1-11H;1-12H;3-7H,1-2H3. The van der Waals surface area contributed by atoms with E-state index in [0.29, 0.717) is 11.1 Å². The number of hydrogen-bond acceptors (Lipinski definition) is 8. The van der Waals surface area contributed by atoms with Crippen LogP contribution >= 0.6 is 43.2 Å². The molecular formula is C50H34I2N8O4. The molecule has 64 heavy (non-hydrogen) atoms. The van der Waals surface area contributed by atoms with Crippen molar-refractivity contribution in [1.82, 2.24) is 27.9 Å². The van der Waals surface area contributed by atoms with E-state index in [1.54, 1.807) is 12.1 Å². The van der Waals surface area contributed by atoms with Crippen molar-refractivity contribution in [2.45, 2.75) is 13.8 Å². The van der Waals surface area contributed by atoms with Crippen LogP contribution in [0.3, 0.4) is 0 Å². The maximum absolute atomic E-state index is 10.8. The van der Waals surface area contributed by atoms with Crippen LogP contribution in [0, 0.1) is 29.8 Å². The molecule has 4 heterocycles. The van der Waals surface area contributed by atoms with Crippen LogP contribution in [0.2, 0.25) is 0 Å². The van der Waals surface area contributed by atoms with Gasteiger partial charge in [-0.05, 0) is 114 Å². The summed E-state index contributed by atoms with van der Waals surface area (Å²) in [6, 6.07) is 59.6. The van der Waals surface area contributed by atoms with Gasteiger partial charge >= 0.3 is 96.1 Å². The number of hydrogen-bond donors (Lipinski definition) is 0. The van der Waals surface area contributed by atoms with Crippen molar-refractivity contribution >= 4 is 111 Å². The number of carbonyl (C=O) groups excluding carboxylic acids is 2. The van der Waals surface area contributed by atoms with E-state index in [1.807, 2.05) is 115 Å². The van der Waals surface area contributed by atoms with E-state index in [0.717, 1.165) is 70.6 Å². The summed E-state index contributed by atoms with van der Waals surface area (Å²) in [4.78, 5) is 31.4. The Balaban J connectivity index is 0.000000126. The molecule has 0 N–H and O–H groups in total. The minimum Gasteiger partial charge on any atom is -0.278 e. The fourth-order valence-electron chi connectivity index (χ4n) is 7.48. The van der Waals surface area contributed by atoms with Crippen LogP contribution in [-0.2, 0) is 15.7 Å². The molecule has 0 aliphatic carbocycles. The van der Waals surface area contributed by atoms with Crippen LogP contribution in [0.25, 0.3) is 67.1 Å². The Hall–Kier alpha value is -7.54. The third-order valence-corrected chi connectivity index (χ3v) is 14.5.